The average Bonchev–Trinajstić information content (AvgIpc) is 2.26. The molecule has 0 bridgehead atoms. The van der Waals surface area contributed by atoms with Crippen LogP contribution in [0, 0.1) is 6.92 Å². The van der Waals surface area contributed by atoms with Crippen LogP contribution in [0.25, 0.3) is 0 Å². The number of hydrogen-bond acceptors (Lipinski definition) is 2. The first-order valence-electron chi connectivity index (χ1n) is 6.06. The van der Waals surface area contributed by atoms with Gasteiger partial charge in [0.2, 0.25) is 0 Å². The zero-order valence-corrected chi connectivity index (χ0v) is 10.8. The molecule has 0 aliphatic heterocycles. The maximum atomic E-state index is 11.4. The molecule has 3 nitrogen and oxygen atoms in total. The fraction of sp³-hybridized carbons (Fsp3) is 0.500. The number of carboxylic acid groups (broad SMARTS) is 1. The van der Waals surface area contributed by atoms with E-state index in [1.165, 1.54) is 0 Å². The predicted octanol–water partition coefficient (Wildman–Crippen LogP) is 2.85. The summed E-state index contributed by atoms with van der Waals surface area (Å²) in [6.07, 6.45) is 2.09. The molecule has 94 valence electrons. The van der Waals surface area contributed by atoms with Crippen LogP contribution in [-0.2, 0) is 4.79 Å². The van der Waals surface area contributed by atoms with Gasteiger partial charge in [-0.3, -0.25) is 9.69 Å². The molecule has 1 aromatic carbocycles. The highest BCUT2D eigenvalue weighted by Gasteiger charge is 2.23. The highest BCUT2D eigenvalue weighted by molar-refractivity contribution is 5.75. The highest BCUT2D eigenvalue weighted by atomic mass is 16.4. The molecule has 1 aromatic rings. The Hall–Kier alpha value is -1.35. The van der Waals surface area contributed by atoms with Gasteiger partial charge in [-0.05, 0) is 32.5 Å². The van der Waals surface area contributed by atoms with Crippen molar-refractivity contribution in [3.63, 3.8) is 0 Å². The van der Waals surface area contributed by atoms with E-state index in [0.717, 1.165) is 30.5 Å². The van der Waals surface area contributed by atoms with Crippen molar-refractivity contribution in [2.24, 2.45) is 0 Å². The lowest BCUT2D eigenvalue weighted by Crippen LogP contribution is -2.31. The summed E-state index contributed by atoms with van der Waals surface area (Å²) in [5.41, 5.74) is 1.95. The number of unbranched alkanes of at least 4 members (excludes halogenated alkanes) is 1. The molecule has 3 heteroatoms. The van der Waals surface area contributed by atoms with Gasteiger partial charge in [-0.1, -0.05) is 43.2 Å². The minimum Gasteiger partial charge on any atom is -0.480 e. The highest BCUT2D eigenvalue weighted by Crippen LogP contribution is 2.21. The topological polar surface area (TPSA) is 40.5 Å². The number of aryl methyl sites for hydroxylation is 1. The zero-order chi connectivity index (χ0) is 12.8. The Morgan fingerprint density at radius 2 is 2.18 bits per heavy atom. The minimum atomic E-state index is -0.783. The van der Waals surface area contributed by atoms with E-state index in [-0.39, 0.29) is 0 Å². The van der Waals surface area contributed by atoms with Crippen LogP contribution in [0.1, 0.15) is 36.9 Å². The Kier molecular flexibility index (Phi) is 5.16. The normalized spacial score (nSPS) is 12.7. The van der Waals surface area contributed by atoms with Gasteiger partial charge in [0, 0.05) is 0 Å². The summed E-state index contributed by atoms with van der Waals surface area (Å²) in [7, 11) is 1.87. The third kappa shape index (κ3) is 3.86. The molecular formula is C14H21NO2. The summed E-state index contributed by atoms with van der Waals surface area (Å²) in [6.45, 7) is 4.89. The molecule has 0 radical (unpaired) electrons. The number of likely N-dealkylation sites (N-methyl/N-ethyl adjacent to an activating group) is 1. The number of benzene rings is 1. The number of hydrogen-bond donors (Lipinski definition) is 1. The molecule has 0 aromatic heterocycles. The fourth-order valence-electron chi connectivity index (χ4n) is 1.96. The van der Waals surface area contributed by atoms with E-state index < -0.39 is 12.0 Å². The number of rotatable bonds is 6. The van der Waals surface area contributed by atoms with Gasteiger partial charge in [0.05, 0.1) is 0 Å². The Balaban J connectivity index is 2.89. The molecule has 1 atom stereocenters. The molecule has 17 heavy (non-hydrogen) atoms. The van der Waals surface area contributed by atoms with Crippen LogP contribution in [0.15, 0.2) is 24.3 Å². The first-order chi connectivity index (χ1) is 8.06. The molecule has 0 spiro atoms. The first-order valence-corrected chi connectivity index (χ1v) is 6.06. The van der Waals surface area contributed by atoms with E-state index >= 15 is 0 Å². The third-order valence-corrected chi connectivity index (χ3v) is 2.90. The summed E-state index contributed by atoms with van der Waals surface area (Å²) in [5, 5.41) is 9.35. The molecule has 0 saturated heterocycles. The molecule has 1 unspecified atom stereocenters. The van der Waals surface area contributed by atoms with Gasteiger partial charge in [-0.15, -0.1) is 0 Å². The van der Waals surface area contributed by atoms with Crippen molar-refractivity contribution in [2.75, 3.05) is 13.6 Å². The van der Waals surface area contributed by atoms with Gasteiger partial charge in [0.15, 0.2) is 0 Å². The van der Waals surface area contributed by atoms with E-state index in [1.54, 1.807) is 0 Å². The van der Waals surface area contributed by atoms with Gasteiger partial charge < -0.3 is 5.11 Å². The molecule has 0 heterocycles. The monoisotopic (exact) mass is 235 g/mol. The van der Waals surface area contributed by atoms with E-state index in [1.807, 2.05) is 43.1 Å². The number of carboxylic acids is 1. The second-order valence-electron chi connectivity index (χ2n) is 4.49. The second-order valence-corrected chi connectivity index (χ2v) is 4.49. The molecular weight excluding hydrogens is 214 g/mol. The maximum Gasteiger partial charge on any atom is 0.325 e. The van der Waals surface area contributed by atoms with Crippen molar-refractivity contribution in [3.05, 3.63) is 35.4 Å². The van der Waals surface area contributed by atoms with Crippen molar-refractivity contribution in [2.45, 2.75) is 32.7 Å². The van der Waals surface area contributed by atoms with Crippen molar-refractivity contribution in [3.8, 4) is 0 Å². The molecule has 0 aliphatic carbocycles. The van der Waals surface area contributed by atoms with Crippen molar-refractivity contribution >= 4 is 5.97 Å². The minimum absolute atomic E-state index is 0.540. The van der Waals surface area contributed by atoms with E-state index in [9.17, 15) is 9.90 Å². The van der Waals surface area contributed by atoms with Crippen molar-refractivity contribution < 1.29 is 9.90 Å². The Morgan fingerprint density at radius 1 is 1.47 bits per heavy atom. The third-order valence-electron chi connectivity index (χ3n) is 2.90. The number of carbonyl (C=O) groups is 1. The summed E-state index contributed by atoms with van der Waals surface area (Å²) < 4.78 is 0. The Labute approximate surface area is 103 Å². The summed E-state index contributed by atoms with van der Waals surface area (Å²) in [4.78, 5) is 13.3. The summed E-state index contributed by atoms with van der Waals surface area (Å²) >= 11 is 0. The van der Waals surface area contributed by atoms with E-state index in [0.29, 0.717) is 0 Å². The van der Waals surface area contributed by atoms with Crippen molar-refractivity contribution in [1.82, 2.24) is 4.90 Å². The fourth-order valence-corrected chi connectivity index (χ4v) is 1.96. The van der Waals surface area contributed by atoms with Gasteiger partial charge in [-0.2, -0.15) is 0 Å². The molecule has 0 aliphatic rings. The van der Waals surface area contributed by atoms with Crippen LogP contribution in [0.4, 0.5) is 0 Å². The number of aliphatic carboxylic acids is 1. The lowest BCUT2D eigenvalue weighted by atomic mass is 10.0. The molecule has 0 fully saturated rings. The van der Waals surface area contributed by atoms with Gasteiger partial charge in [0.25, 0.3) is 0 Å². The van der Waals surface area contributed by atoms with Crippen LogP contribution in [-0.4, -0.2) is 29.6 Å². The summed E-state index contributed by atoms with van der Waals surface area (Å²) in [6, 6.07) is 7.18. The van der Waals surface area contributed by atoms with Crippen molar-refractivity contribution in [1.29, 1.82) is 0 Å². The lowest BCUT2D eigenvalue weighted by Gasteiger charge is -2.25. The second kappa shape index (κ2) is 6.40. The van der Waals surface area contributed by atoms with Gasteiger partial charge >= 0.3 is 5.97 Å². The smallest absolute Gasteiger partial charge is 0.325 e. The summed E-state index contributed by atoms with van der Waals surface area (Å²) in [5.74, 6) is -0.783. The Morgan fingerprint density at radius 3 is 2.71 bits per heavy atom. The molecule has 0 saturated carbocycles. The van der Waals surface area contributed by atoms with E-state index in [2.05, 4.69) is 6.92 Å². The Bertz CT molecular complexity index is 376. The zero-order valence-electron chi connectivity index (χ0n) is 10.8. The average molecular weight is 235 g/mol. The first kappa shape index (κ1) is 13.7. The molecule has 1 N–H and O–H groups in total. The number of nitrogens with zero attached hydrogens (tertiary/aromatic N) is 1. The van der Waals surface area contributed by atoms with Crippen LogP contribution in [0.3, 0.4) is 0 Å². The maximum absolute atomic E-state index is 11.4. The van der Waals surface area contributed by atoms with Crippen LogP contribution >= 0.6 is 0 Å². The van der Waals surface area contributed by atoms with Crippen LogP contribution in [0.5, 0.6) is 0 Å². The molecule has 0 amide bonds. The van der Waals surface area contributed by atoms with Crippen LogP contribution < -0.4 is 0 Å². The quantitative estimate of drug-likeness (QED) is 0.824. The predicted molar refractivity (Wildman–Crippen MR) is 69.1 cm³/mol. The van der Waals surface area contributed by atoms with Gasteiger partial charge in [0.1, 0.15) is 6.04 Å². The van der Waals surface area contributed by atoms with Gasteiger partial charge in [-0.25, -0.2) is 0 Å². The van der Waals surface area contributed by atoms with E-state index in [4.69, 9.17) is 0 Å². The SMILES string of the molecule is CCCCN(C)C(C(=O)O)c1cccc(C)c1. The largest absolute Gasteiger partial charge is 0.480 e. The van der Waals surface area contributed by atoms with Crippen LogP contribution in [0.2, 0.25) is 0 Å². The lowest BCUT2D eigenvalue weighted by molar-refractivity contribution is -0.143. The molecule has 1 rings (SSSR count). The standard InChI is InChI=1S/C14H21NO2/c1-4-5-9-15(3)13(14(16)17)12-8-6-7-11(2)10-12/h6-8,10,13H,4-5,9H2,1-3H3,(H,16,17).